The molecular formula is C26H29N9O4. The first-order chi connectivity index (χ1) is 19.0. The predicted octanol–water partition coefficient (Wildman–Crippen LogP) is 0.980. The molecule has 0 bridgehead atoms. The van der Waals surface area contributed by atoms with Gasteiger partial charge >= 0.3 is 0 Å². The van der Waals surface area contributed by atoms with E-state index in [1.807, 2.05) is 4.90 Å². The van der Waals surface area contributed by atoms with Gasteiger partial charge in [0.05, 0.1) is 13.2 Å². The number of primary amides is 1. The molecule has 13 nitrogen and oxygen atoms in total. The Bertz CT molecular complexity index is 1330. The van der Waals surface area contributed by atoms with Gasteiger partial charge in [-0.1, -0.05) is 6.07 Å². The lowest BCUT2D eigenvalue weighted by Gasteiger charge is -2.33. The van der Waals surface area contributed by atoms with Crippen molar-refractivity contribution >= 4 is 35.2 Å². The second-order valence-electron chi connectivity index (χ2n) is 9.25. The highest BCUT2D eigenvalue weighted by molar-refractivity contribution is 5.97. The molecule has 1 atom stereocenters. The number of aromatic nitrogens is 4. The Balaban J connectivity index is 1.29. The van der Waals surface area contributed by atoms with Gasteiger partial charge in [0, 0.05) is 49.7 Å². The number of nitrogens with one attached hydrogen (secondary N) is 2. The Hall–Kier alpha value is -4.65. The smallest absolute Gasteiger partial charge is 0.273 e. The van der Waals surface area contributed by atoms with Crippen molar-refractivity contribution < 1.29 is 19.1 Å². The van der Waals surface area contributed by atoms with E-state index in [0.29, 0.717) is 62.3 Å². The summed E-state index contributed by atoms with van der Waals surface area (Å²) in [6, 6.07) is 11.9. The van der Waals surface area contributed by atoms with Crippen LogP contribution in [0.5, 0.6) is 0 Å². The van der Waals surface area contributed by atoms with Gasteiger partial charge in [-0.2, -0.15) is 4.98 Å². The van der Waals surface area contributed by atoms with Gasteiger partial charge in [-0.25, -0.2) is 0 Å². The second-order valence-corrected chi connectivity index (χ2v) is 9.25. The quantitative estimate of drug-likeness (QED) is 0.400. The molecule has 1 aromatic carbocycles. The molecule has 5 rings (SSSR count). The Morgan fingerprint density at radius 3 is 2.51 bits per heavy atom. The first kappa shape index (κ1) is 26.0. The zero-order valence-electron chi connectivity index (χ0n) is 21.2. The van der Waals surface area contributed by atoms with Crippen LogP contribution in [0.2, 0.25) is 0 Å². The molecule has 1 unspecified atom stereocenters. The Morgan fingerprint density at radius 2 is 1.79 bits per heavy atom. The van der Waals surface area contributed by atoms with Crippen molar-refractivity contribution in [2.75, 3.05) is 49.6 Å². The maximum Gasteiger partial charge on any atom is 0.273 e. The van der Waals surface area contributed by atoms with Gasteiger partial charge in [0.1, 0.15) is 5.69 Å². The number of hydrogen-bond donors (Lipinski definition) is 3. The number of nitrogens with two attached hydrogens (primary N) is 1. The fourth-order valence-corrected chi connectivity index (χ4v) is 4.52. The molecular weight excluding hydrogens is 502 g/mol. The summed E-state index contributed by atoms with van der Waals surface area (Å²) < 4.78 is 5.31. The van der Waals surface area contributed by atoms with Gasteiger partial charge in [-0.15, -0.1) is 10.2 Å². The van der Waals surface area contributed by atoms with Crippen LogP contribution in [0.4, 0.5) is 17.5 Å². The largest absolute Gasteiger partial charge is 0.378 e. The maximum absolute atomic E-state index is 12.7. The third-order valence-electron chi connectivity index (χ3n) is 6.54. The van der Waals surface area contributed by atoms with Crippen molar-refractivity contribution in [1.82, 2.24) is 30.4 Å². The third-order valence-corrected chi connectivity index (χ3v) is 6.54. The zero-order chi connectivity index (χ0) is 27.2. The number of hydrogen-bond acceptors (Lipinski definition) is 10. The topological polar surface area (TPSA) is 169 Å². The number of carbonyl (C=O) groups is 3. The van der Waals surface area contributed by atoms with Gasteiger partial charge in [0.15, 0.2) is 11.5 Å². The maximum atomic E-state index is 12.7. The van der Waals surface area contributed by atoms with Gasteiger partial charge in [-0.3, -0.25) is 19.4 Å². The molecule has 0 aliphatic carbocycles. The number of piperidine rings is 1. The molecule has 4 heterocycles. The summed E-state index contributed by atoms with van der Waals surface area (Å²) in [6.07, 6.45) is 3.17. The van der Waals surface area contributed by atoms with E-state index < -0.39 is 5.91 Å². The average Bonchev–Trinajstić information content (AvgIpc) is 2.98. The van der Waals surface area contributed by atoms with Crippen LogP contribution in [0.1, 0.15) is 44.2 Å². The minimum atomic E-state index is -0.776. The van der Waals surface area contributed by atoms with E-state index in [0.717, 1.165) is 12.8 Å². The number of carbonyl (C=O) groups excluding carboxylic acids is 3. The lowest BCUT2D eigenvalue weighted by molar-refractivity contribution is 0.0303. The van der Waals surface area contributed by atoms with Crippen LogP contribution >= 0.6 is 0 Å². The Morgan fingerprint density at radius 1 is 1.00 bits per heavy atom. The summed E-state index contributed by atoms with van der Waals surface area (Å²) in [6.45, 7) is 3.29. The average molecular weight is 532 g/mol. The number of rotatable bonds is 7. The summed E-state index contributed by atoms with van der Waals surface area (Å²) in [5, 5.41) is 14.2. The molecule has 3 aromatic rings. The number of morpholine rings is 1. The number of anilines is 3. The van der Waals surface area contributed by atoms with Crippen molar-refractivity contribution in [1.29, 1.82) is 0 Å². The first-order valence-electron chi connectivity index (χ1n) is 12.7. The minimum Gasteiger partial charge on any atom is -0.378 e. The van der Waals surface area contributed by atoms with Crippen LogP contribution < -0.4 is 21.3 Å². The van der Waals surface area contributed by atoms with Crippen molar-refractivity contribution in [3.63, 3.8) is 0 Å². The normalized spacial score (nSPS) is 17.4. The van der Waals surface area contributed by atoms with Crippen LogP contribution in [0.3, 0.4) is 0 Å². The highest BCUT2D eigenvalue weighted by Crippen LogP contribution is 2.22. The molecule has 2 aliphatic heterocycles. The molecule has 2 saturated heterocycles. The summed E-state index contributed by atoms with van der Waals surface area (Å²) >= 11 is 0. The highest BCUT2D eigenvalue weighted by atomic mass is 16.5. The molecule has 0 saturated carbocycles. The first-order valence-corrected chi connectivity index (χ1v) is 12.7. The van der Waals surface area contributed by atoms with Crippen LogP contribution in [0.15, 0.2) is 48.7 Å². The van der Waals surface area contributed by atoms with E-state index in [1.165, 1.54) is 0 Å². The van der Waals surface area contributed by atoms with Crippen LogP contribution in [-0.4, -0.2) is 88.2 Å². The molecule has 4 N–H and O–H groups in total. The van der Waals surface area contributed by atoms with E-state index in [9.17, 15) is 14.4 Å². The van der Waals surface area contributed by atoms with Crippen LogP contribution in [-0.2, 0) is 4.74 Å². The number of nitrogens with zero attached hydrogens (tertiary/aromatic N) is 6. The number of pyridine rings is 1. The number of benzene rings is 1. The lowest BCUT2D eigenvalue weighted by Crippen LogP contribution is -2.48. The van der Waals surface area contributed by atoms with Crippen molar-refractivity contribution in [3.05, 3.63) is 65.6 Å². The third kappa shape index (κ3) is 6.26. The molecule has 202 valence electrons. The van der Waals surface area contributed by atoms with Gasteiger partial charge in [0.25, 0.3) is 17.7 Å². The Kier molecular flexibility index (Phi) is 7.87. The lowest BCUT2D eigenvalue weighted by atomic mass is 10.1. The molecule has 0 radical (unpaired) electrons. The van der Waals surface area contributed by atoms with Gasteiger partial charge in [0.2, 0.25) is 5.95 Å². The summed E-state index contributed by atoms with van der Waals surface area (Å²) in [5.41, 5.74) is 6.91. The van der Waals surface area contributed by atoms with Crippen LogP contribution in [0.25, 0.3) is 0 Å². The van der Waals surface area contributed by atoms with Crippen molar-refractivity contribution in [2.45, 2.75) is 18.9 Å². The van der Waals surface area contributed by atoms with E-state index >= 15 is 0 Å². The molecule has 2 fully saturated rings. The molecule has 0 spiro atoms. The van der Waals surface area contributed by atoms with Crippen molar-refractivity contribution in [3.8, 4) is 0 Å². The minimum absolute atomic E-state index is 0.0662. The SMILES string of the molecule is NC(=O)c1nnc(N2CCCC(NC(=O)c3ccccn3)C2)nc1Nc1ccc(C(=O)N2CCOCC2)cc1. The van der Waals surface area contributed by atoms with E-state index in [1.54, 1.807) is 53.6 Å². The van der Waals surface area contributed by atoms with E-state index in [4.69, 9.17) is 10.5 Å². The van der Waals surface area contributed by atoms with Gasteiger partial charge < -0.3 is 30.9 Å². The Labute approximate surface area is 224 Å². The second kappa shape index (κ2) is 11.8. The fraction of sp³-hybridized carbons (Fsp3) is 0.346. The number of ether oxygens (including phenoxy) is 1. The standard InChI is InChI=1S/C26H29N9O4/c27-22(36)21-23(29-18-8-6-17(7-9-18)25(38)34-12-14-39-15-13-34)31-26(33-32-21)35-11-3-4-19(16-35)30-24(37)20-5-1-2-10-28-20/h1-2,5-10,19H,3-4,11-16H2,(H2,27,36)(H,30,37)(H,29,31,33). The molecule has 2 aliphatic rings. The van der Waals surface area contributed by atoms with Crippen molar-refractivity contribution in [2.24, 2.45) is 5.73 Å². The molecule has 13 heteroatoms. The van der Waals surface area contributed by atoms with Gasteiger partial charge in [-0.05, 0) is 49.2 Å². The zero-order valence-corrected chi connectivity index (χ0v) is 21.2. The van der Waals surface area contributed by atoms with E-state index in [-0.39, 0.29) is 29.4 Å². The summed E-state index contributed by atoms with van der Waals surface area (Å²) in [4.78, 5) is 49.6. The fourth-order valence-electron chi connectivity index (χ4n) is 4.52. The van der Waals surface area contributed by atoms with E-state index in [2.05, 4.69) is 30.8 Å². The monoisotopic (exact) mass is 531 g/mol. The van der Waals surface area contributed by atoms with Crippen LogP contribution in [0, 0.1) is 0 Å². The molecule has 39 heavy (non-hydrogen) atoms. The number of amides is 3. The molecule has 3 amide bonds. The summed E-state index contributed by atoms with van der Waals surface area (Å²) in [7, 11) is 0. The predicted molar refractivity (Wildman–Crippen MR) is 142 cm³/mol. The highest BCUT2D eigenvalue weighted by Gasteiger charge is 2.26. The molecule has 2 aromatic heterocycles. The summed E-state index contributed by atoms with van der Waals surface area (Å²) in [5.74, 6) is -0.632.